The topological polar surface area (TPSA) is 44.5 Å². The van der Waals surface area contributed by atoms with Crippen LogP contribution >= 0.6 is 15.9 Å². The maximum atomic E-state index is 5.65. The lowest BCUT2D eigenvalue weighted by molar-refractivity contribution is 0.325. The molecule has 1 aromatic rings. The van der Waals surface area contributed by atoms with Crippen LogP contribution in [0.2, 0.25) is 0 Å². The largest absolute Gasteiger partial charge is 0.494 e. The van der Waals surface area contributed by atoms with E-state index in [0.717, 1.165) is 34.4 Å². The Labute approximate surface area is 111 Å². The third kappa shape index (κ3) is 4.21. The summed E-state index contributed by atoms with van der Waals surface area (Å²) in [5.41, 5.74) is 6.70. The molecule has 1 aromatic carbocycles. The van der Waals surface area contributed by atoms with Crippen LogP contribution in [-0.2, 0) is 6.42 Å². The van der Waals surface area contributed by atoms with Crippen LogP contribution < -0.4 is 15.2 Å². The highest BCUT2D eigenvalue weighted by Gasteiger charge is 2.10. The molecule has 0 spiro atoms. The van der Waals surface area contributed by atoms with Gasteiger partial charge in [-0.05, 0) is 66.9 Å². The number of aryl methyl sites for hydroxylation is 1. The fourth-order valence-corrected chi connectivity index (χ4v) is 2.25. The van der Waals surface area contributed by atoms with Gasteiger partial charge in [0.05, 0.1) is 17.7 Å². The van der Waals surface area contributed by atoms with Gasteiger partial charge in [0, 0.05) is 0 Å². The molecule has 2 N–H and O–H groups in total. The number of hydrogen-bond acceptors (Lipinski definition) is 3. The fourth-order valence-electron chi connectivity index (χ4n) is 1.66. The van der Waals surface area contributed by atoms with Gasteiger partial charge in [-0.2, -0.15) is 0 Å². The first-order chi connectivity index (χ1) is 8.22. The summed E-state index contributed by atoms with van der Waals surface area (Å²) in [7, 11) is 0. The lowest BCUT2D eigenvalue weighted by Gasteiger charge is -2.14. The highest BCUT2D eigenvalue weighted by atomic mass is 79.9. The van der Waals surface area contributed by atoms with Gasteiger partial charge in [-0.1, -0.05) is 0 Å². The summed E-state index contributed by atoms with van der Waals surface area (Å²) in [6, 6.07) is 3.98. The highest BCUT2D eigenvalue weighted by molar-refractivity contribution is 9.10. The zero-order valence-electron chi connectivity index (χ0n) is 10.5. The van der Waals surface area contributed by atoms with Crippen LogP contribution in [0.25, 0.3) is 0 Å². The number of halogens is 1. The Morgan fingerprint density at radius 3 is 2.47 bits per heavy atom. The van der Waals surface area contributed by atoms with Gasteiger partial charge in [0.1, 0.15) is 11.5 Å². The van der Waals surface area contributed by atoms with Gasteiger partial charge in [-0.3, -0.25) is 0 Å². The maximum absolute atomic E-state index is 5.65. The van der Waals surface area contributed by atoms with E-state index in [1.54, 1.807) is 0 Å². The van der Waals surface area contributed by atoms with Gasteiger partial charge >= 0.3 is 0 Å². The van der Waals surface area contributed by atoms with Crippen molar-refractivity contribution in [2.24, 2.45) is 5.73 Å². The average Bonchev–Trinajstić information content (AvgIpc) is 2.31. The molecule has 0 aromatic heterocycles. The number of rotatable bonds is 7. The highest BCUT2D eigenvalue weighted by Crippen LogP contribution is 2.34. The van der Waals surface area contributed by atoms with Crippen LogP contribution in [0.15, 0.2) is 16.6 Å². The third-order valence-corrected chi connectivity index (χ3v) is 2.93. The SMILES string of the molecule is CCOc1cc(Br)c(OCC)c(CCCN)c1. The minimum Gasteiger partial charge on any atom is -0.494 e. The van der Waals surface area contributed by atoms with Crippen molar-refractivity contribution in [3.63, 3.8) is 0 Å². The first-order valence-corrected chi connectivity index (χ1v) is 6.80. The lowest BCUT2D eigenvalue weighted by atomic mass is 10.1. The number of nitrogens with two attached hydrogens (primary N) is 1. The van der Waals surface area contributed by atoms with Gasteiger partial charge in [0.2, 0.25) is 0 Å². The Hall–Kier alpha value is -0.740. The molecule has 0 aliphatic heterocycles. The molecular formula is C13H20BrNO2. The van der Waals surface area contributed by atoms with Crippen molar-refractivity contribution in [2.75, 3.05) is 19.8 Å². The molecule has 0 saturated heterocycles. The molecule has 0 heterocycles. The smallest absolute Gasteiger partial charge is 0.136 e. The summed E-state index contributed by atoms with van der Waals surface area (Å²) in [6.07, 6.45) is 1.85. The summed E-state index contributed by atoms with van der Waals surface area (Å²) in [4.78, 5) is 0. The van der Waals surface area contributed by atoms with Crippen molar-refractivity contribution in [3.8, 4) is 11.5 Å². The van der Waals surface area contributed by atoms with E-state index in [2.05, 4.69) is 15.9 Å². The van der Waals surface area contributed by atoms with E-state index in [0.29, 0.717) is 19.8 Å². The molecule has 0 radical (unpaired) electrons. The number of benzene rings is 1. The zero-order chi connectivity index (χ0) is 12.7. The van der Waals surface area contributed by atoms with Crippen molar-refractivity contribution in [1.82, 2.24) is 0 Å². The lowest BCUT2D eigenvalue weighted by Crippen LogP contribution is -2.04. The van der Waals surface area contributed by atoms with Gasteiger partial charge in [-0.25, -0.2) is 0 Å². The standard InChI is InChI=1S/C13H20BrNO2/c1-3-16-11-8-10(6-5-7-15)13(17-4-2)12(14)9-11/h8-9H,3-7,15H2,1-2H3. The molecule has 96 valence electrons. The minimum absolute atomic E-state index is 0.655. The molecule has 0 fully saturated rings. The van der Waals surface area contributed by atoms with Crippen LogP contribution in [-0.4, -0.2) is 19.8 Å². The maximum Gasteiger partial charge on any atom is 0.136 e. The Balaban J connectivity index is 3.00. The van der Waals surface area contributed by atoms with E-state index in [1.807, 2.05) is 26.0 Å². The monoisotopic (exact) mass is 301 g/mol. The second kappa shape index (κ2) is 7.56. The normalized spacial score (nSPS) is 10.4. The van der Waals surface area contributed by atoms with Crippen molar-refractivity contribution >= 4 is 15.9 Å². The fraction of sp³-hybridized carbons (Fsp3) is 0.538. The Morgan fingerprint density at radius 1 is 1.18 bits per heavy atom. The molecule has 0 aliphatic carbocycles. The van der Waals surface area contributed by atoms with Crippen molar-refractivity contribution in [1.29, 1.82) is 0 Å². The molecule has 4 heteroatoms. The Bertz CT molecular complexity index is 356. The Kier molecular flexibility index (Phi) is 6.37. The molecule has 0 aliphatic rings. The summed E-state index contributed by atoms with van der Waals surface area (Å²) < 4.78 is 12.1. The molecule has 0 atom stereocenters. The molecule has 0 amide bonds. The van der Waals surface area contributed by atoms with Crippen molar-refractivity contribution in [3.05, 3.63) is 22.2 Å². The second-order valence-corrected chi connectivity index (χ2v) is 4.51. The van der Waals surface area contributed by atoms with Crippen LogP contribution in [0.3, 0.4) is 0 Å². The molecule has 0 saturated carbocycles. The van der Waals surface area contributed by atoms with E-state index in [-0.39, 0.29) is 0 Å². The van der Waals surface area contributed by atoms with Gasteiger partial charge < -0.3 is 15.2 Å². The zero-order valence-corrected chi connectivity index (χ0v) is 12.0. The summed E-state index contributed by atoms with van der Waals surface area (Å²) in [5.74, 6) is 1.78. The second-order valence-electron chi connectivity index (χ2n) is 3.65. The molecule has 0 unspecified atom stereocenters. The first-order valence-electron chi connectivity index (χ1n) is 6.01. The molecule has 1 rings (SSSR count). The molecule has 3 nitrogen and oxygen atoms in total. The number of hydrogen-bond donors (Lipinski definition) is 1. The van der Waals surface area contributed by atoms with Crippen LogP contribution in [0.4, 0.5) is 0 Å². The molecule has 17 heavy (non-hydrogen) atoms. The number of ether oxygens (including phenoxy) is 2. The van der Waals surface area contributed by atoms with Crippen molar-refractivity contribution < 1.29 is 9.47 Å². The van der Waals surface area contributed by atoms with E-state index in [4.69, 9.17) is 15.2 Å². The van der Waals surface area contributed by atoms with Crippen LogP contribution in [0, 0.1) is 0 Å². The summed E-state index contributed by atoms with van der Waals surface area (Å²) >= 11 is 3.52. The predicted molar refractivity (Wildman–Crippen MR) is 73.9 cm³/mol. The van der Waals surface area contributed by atoms with Gasteiger partial charge in [-0.15, -0.1) is 0 Å². The van der Waals surface area contributed by atoms with E-state index in [1.165, 1.54) is 0 Å². The average molecular weight is 302 g/mol. The van der Waals surface area contributed by atoms with Gasteiger partial charge in [0.15, 0.2) is 0 Å². The van der Waals surface area contributed by atoms with Crippen molar-refractivity contribution in [2.45, 2.75) is 26.7 Å². The third-order valence-electron chi connectivity index (χ3n) is 2.34. The van der Waals surface area contributed by atoms with E-state index in [9.17, 15) is 0 Å². The van der Waals surface area contributed by atoms with E-state index < -0.39 is 0 Å². The quantitative estimate of drug-likeness (QED) is 0.841. The van der Waals surface area contributed by atoms with Crippen LogP contribution in [0.1, 0.15) is 25.8 Å². The van der Waals surface area contributed by atoms with E-state index >= 15 is 0 Å². The summed E-state index contributed by atoms with van der Waals surface area (Å²) in [6.45, 7) is 5.96. The van der Waals surface area contributed by atoms with Gasteiger partial charge in [0.25, 0.3) is 0 Å². The molecular weight excluding hydrogens is 282 g/mol. The Morgan fingerprint density at radius 2 is 1.88 bits per heavy atom. The van der Waals surface area contributed by atoms with Crippen LogP contribution in [0.5, 0.6) is 11.5 Å². The molecule has 0 bridgehead atoms. The first kappa shape index (κ1) is 14.3. The predicted octanol–water partition coefficient (Wildman–Crippen LogP) is 3.14. The minimum atomic E-state index is 0.655. The summed E-state index contributed by atoms with van der Waals surface area (Å²) in [5, 5.41) is 0.